The Balaban J connectivity index is 1.61. The second-order valence-electron chi connectivity index (χ2n) is 6.28. The second kappa shape index (κ2) is 6.52. The van der Waals surface area contributed by atoms with Gasteiger partial charge in [-0.25, -0.2) is 18.1 Å². The van der Waals surface area contributed by atoms with Gasteiger partial charge in [0.05, 0.1) is 12.1 Å². The van der Waals surface area contributed by atoms with Crippen molar-refractivity contribution < 1.29 is 13.5 Å². The summed E-state index contributed by atoms with van der Waals surface area (Å²) in [6, 6.07) is 3.21. The van der Waals surface area contributed by atoms with E-state index < -0.39 is 10.0 Å². The van der Waals surface area contributed by atoms with Gasteiger partial charge in [0, 0.05) is 12.7 Å². The molecule has 0 radical (unpaired) electrons. The highest BCUT2D eigenvalue weighted by molar-refractivity contribution is 7.89. The Bertz CT molecular complexity index is 599. The molecule has 3 N–H and O–H groups in total. The molecule has 1 aromatic rings. The van der Waals surface area contributed by atoms with E-state index in [2.05, 4.69) is 15.0 Å². The molecule has 3 rings (SSSR count). The summed E-state index contributed by atoms with van der Waals surface area (Å²) in [4.78, 5) is 4.36. The number of hydrogen-bond acceptors (Lipinski definition) is 5. The highest BCUT2D eigenvalue weighted by atomic mass is 32.2. The average Bonchev–Trinajstić information content (AvgIpc) is 3.33. The van der Waals surface area contributed by atoms with Crippen LogP contribution in [0.1, 0.15) is 38.5 Å². The largest absolute Gasteiger partial charge is 0.391 e. The third kappa shape index (κ3) is 3.97. The van der Waals surface area contributed by atoms with Crippen LogP contribution in [0.15, 0.2) is 23.2 Å². The van der Waals surface area contributed by atoms with Gasteiger partial charge in [0.25, 0.3) is 0 Å². The van der Waals surface area contributed by atoms with Crippen LogP contribution in [-0.2, 0) is 10.0 Å². The molecule has 2 atom stereocenters. The van der Waals surface area contributed by atoms with Crippen LogP contribution in [0.3, 0.4) is 0 Å². The van der Waals surface area contributed by atoms with E-state index in [1.807, 2.05) is 0 Å². The van der Waals surface area contributed by atoms with Crippen LogP contribution in [0, 0.1) is 5.92 Å². The molecule has 22 heavy (non-hydrogen) atoms. The maximum absolute atomic E-state index is 12.1. The molecule has 0 spiro atoms. The number of sulfonamides is 1. The van der Waals surface area contributed by atoms with Crippen molar-refractivity contribution in [3.05, 3.63) is 18.3 Å². The molecule has 2 aliphatic carbocycles. The Labute approximate surface area is 131 Å². The fourth-order valence-electron chi connectivity index (χ4n) is 2.73. The highest BCUT2D eigenvalue weighted by Gasteiger charge is 2.25. The number of hydrogen-bond donors (Lipinski definition) is 3. The summed E-state index contributed by atoms with van der Waals surface area (Å²) in [7, 11) is -3.47. The number of nitrogens with zero attached hydrogens (tertiary/aromatic N) is 1. The van der Waals surface area contributed by atoms with Crippen LogP contribution in [0.25, 0.3) is 0 Å². The summed E-state index contributed by atoms with van der Waals surface area (Å²) >= 11 is 0. The van der Waals surface area contributed by atoms with E-state index >= 15 is 0 Å². The zero-order valence-corrected chi connectivity index (χ0v) is 13.3. The van der Waals surface area contributed by atoms with Crippen molar-refractivity contribution in [1.29, 1.82) is 0 Å². The first kappa shape index (κ1) is 15.7. The molecule has 2 aliphatic rings. The number of aliphatic hydroxyl groups excluding tert-OH is 1. The Morgan fingerprint density at radius 2 is 1.95 bits per heavy atom. The van der Waals surface area contributed by atoms with Crippen molar-refractivity contribution in [3.63, 3.8) is 0 Å². The molecule has 2 saturated carbocycles. The van der Waals surface area contributed by atoms with Crippen molar-refractivity contribution in [2.75, 3.05) is 11.9 Å². The van der Waals surface area contributed by atoms with Crippen LogP contribution in [0.2, 0.25) is 0 Å². The van der Waals surface area contributed by atoms with Gasteiger partial charge in [-0.3, -0.25) is 0 Å². The molecule has 2 fully saturated rings. The lowest BCUT2D eigenvalue weighted by atomic mass is 9.92. The van der Waals surface area contributed by atoms with E-state index in [1.165, 1.54) is 6.20 Å². The first-order valence-corrected chi connectivity index (χ1v) is 9.43. The van der Waals surface area contributed by atoms with Crippen LogP contribution in [-0.4, -0.2) is 37.2 Å². The van der Waals surface area contributed by atoms with E-state index in [0.29, 0.717) is 18.3 Å². The number of rotatable bonds is 6. The normalized spacial score (nSPS) is 25.9. The summed E-state index contributed by atoms with van der Waals surface area (Å²) in [5.74, 6) is 1.10. The predicted molar refractivity (Wildman–Crippen MR) is 84.0 cm³/mol. The summed E-state index contributed by atoms with van der Waals surface area (Å²) in [5.41, 5.74) is 0. The van der Waals surface area contributed by atoms with Crippen LogP contribution < -0.4 is 10.0 Å². The topological polar surface area (TPSA) is 91.3 Å². The van der Waals surface area contributed by atoms with Crippen molar-refractivity contribution in [2.24, 2.45) is 5.92 Å². The van der Waals surface area contributed by atoms with Gasteiger partial charge >= 0.3 is 0 Å². The Morgan fingerprint density at radius 3 is 2.59 bits per heavy atom. The fourth-order valence-corrected chi connectivity index (χ4v) is 3.79. The van der Waals surface area contributed by atoms with Gasteiger partial charge in [-0.05, 0) is 43.7 Å². The molecular formula is C15H23N3O3S. The molecule has 0 amide bonds. The minimum atomic E-state index is -3.47. The number of anilines is 1. The van der Waals surface area contributed by atoms with Crippen molar-refractivity contribution in [2.45, 2.75) is 55.6 Å². The Hall–Kier alpha value is -1.18. The molecule has 0 aliphatic heterocycles. The van der Waals surface area contributed by atoms with Gasteiger partial charge in [0.1, 0.15) is 10.7 Å². The molecule has 1 heterocycles. The molecule has 122 valence electrons. The minimum absolute atomic E-state index is 0.00306. The summed E-state index contributed by atoms with van der Waals surface area (Å²) in [5, 5.41) is 13.1. The highest BCUT2D eigenvalue weighted by Crippen LogP contribution is 2.28. The van der Waals surface area contributed by atoms with E-state index in [-0.39, 0.29) is 17.0 Å². The molecule has 6 nitrogen and oxygen atoms in total. The second-order valence-corrected chi connectivity index (χ2v) is 8.04. The van der Waals surface area contributed by atoms with E-state index in [0.717, 1.165) is 38.5 Å². The van der Waals surface area contributed by atoms with Crippen molar-refractivity contribution in [3.8, 4) is 0 Å². The quantitative estimate of drug-likeness (QED) is 0.737. The molecular weight excluding hydrogens is 302 g/mol. The standard InChI is InChI=1S/C15H23N3O3S/c19-14-4-2-1-3-13(14)18-15-8-7-12(10-16-15)22(20,21)17-9-11-5-6-11/h7-8,10-11,13-14,17,19H,1-6,9H2,(H,16,18)/t13-,14-/m0/s1. The monoisotopic (exact) mass is 325 g/mol. The van der Waals surface area contributed by atoms with Gasteiger partial charge in [-0.2, -0.15) is 0 Å². The molecule has 0 unspecified atom stereocenters. The van der Waals surface area contributed by atoms with E-state index in [9.17, 15) is 13.5 Å². The van der Waals surface area contributed by atoms with Crippen LogP contribution in [0.4, 0.5) is 5.82 Å². The van der Waals surface area contributed by atoms with Gasteiger partial charge in [-0.15, -0.1) is 0 Å². The zero-order chi connectivity index (χ0) is 15.6. The van der Waals surface area contributed by atoms with E-state index in [1.54, 1.807) is 12.1 Å². The Kier molecular flexibility index (Phi) is 4.65. The first-order valence-electron chi connectivity index (χ1n) is 7.95. The minimum Gasteiger partial charge on any atom is -0.391 e. The number of aliphatic hydroxyl groups is 1. The predicted octanol–water partition coefficient (Wildman–Crippen LogP) is 1.49. The fraction of sp³-hybridized carbons (Fsp3) is 0.667. The number of pyridine rings is 1. The van der Waals surface area contributed by atoms with Crippen molar-refractivity contribution in [1.82, 2.24) is 9.71 Å². The van der Waals surface area contributed by atoms with Crippen molar-refractivity contribution >= 4 is 15.8 Å². The lowest BCUT2D eigenvalue weighted by Gasteiger charge is -2.28. The van der Waals surface area contributed by atoms with Crippen LogP contribution in [0.5, 0.6) is 0 Å². The number of aromatic nitrogens is 1. The first-order chi connectivity index (χ1) is 10.5. The summed E-state index contributed by atoms with van der Waals surface area (Å²) in [6.07, 6.45) is 7.07. The summed E-state index contributed by atoms with van der Waals surface area (Å²) in [6.45, 7) is 0.511. The lowest BCUT2D eigenvalue weighted by molar-refractivity contribution is 0.116. The SMILES string of the molecule is O=S(=O)(NCC1CC1)c1ccc(N[C@H]2CCCC[C@@H]2O)nc1. The molecule has 0 bridgehead atoms. The third-order valence-electron chi connectivity index (χ3n) is 4.37. The Morgan fingerprint density at radius 1 is 1.18 bits per heavy atom. The maximum Gasteiger partial charge on any atom is 0.242 e. The van der Waals surface area contributed by atoms with E-state index in [4.69, 9.17) is 0 Å². The summed E-state index contributed by atoms with van der Waals surface area (Å²) < 4.78 is 26.8. The van der Waals surface area contributed by atoms with Gasteiger partial charge in [-0.1, -0.05) is 12.8 Å². The van der Waals surface area contributed by atoms with Gasteiger partial charge in [0.15, 0.2) is 0 Å². The third-order valence-corrected chi connectivity index (χ3v) is 5.78. The van der Waals surface area contributed by atoms with Crippen LogP contribution >= 0.6 is 0 Å². The lowest BCUT2D eigenvalue weighted by Crippen LogP contribution is -2.36. The molecule has 0 aromatic carbocycles. The molecule has 7 heteroatoms. The molecule has 1 aromatic heterocycles. The average molecular weight is 325 g/mol. The zero-order valence-electron chi connectivity index (χ0n) is 12.5. The number of nitrogens with one attached hydrogen (secondary N) is 2. The van der Waals surface area contributed by atoms with Gasteiger partial charge in [0.2, 0.25) is 10.0 Å². The van der Waals surface area contributed by atoms with Gasteiger partial charge < -0.3 is 10.4 Å². The smallest absolute Gasteiger partial charge is 0.242 e. The maximum atomic E-state index is 12.1. The molecule has 0 saturated heterocycles.